The first kappa shape index (κ1) is 15.0. The van der Waals surface area contributed by atoms with Gasteiger partial charge in [-0.3, -0.25) is 0 Å². The summed E-state index contributed by atoms with van der Waals surface area (Å²) in [5.74, 6) is 0.183. The van der Waals surface area contributed by atoms with Gasteiger partial charge in [0.15, 0.2) is 6.10 Å². The first-order valence-corrected chi connectivity index (χ1v) is 6.80. The molecule has 0 aliphatic heterocycles. The molecule has 18 heavy (non-hydrogen) atoms. The maximum Gasteiger partial charge on any atom is 0.419 e. The maximum absolute atomic E-state index is 12.7. The summed E-state index contributed by atoms with van der Waals surface area (Å²) in [7, 11) is -3.23. The molecule has 0 radical (unpaired) electrons. The van der Waals surface area contributed by atoms with Crippen molar-refractivity contribution in [3.63, 3.8) is 0 Å². The summed E-state index contributed by atoms with van der Waals surface area (Å²) in [6.07, 6.45) is -7.36. The molecule has 0 spiro atoms. The molecule has 0 saturated heterocycles. The van der Waals surface area contributed by atoms with Crippen LogP contribution < -0.4 is 9.63 Å². The van der Waals surface area contributed by atoms with E-state index in [1.165, 1.54) is 19.2 Å². The summed E-state index contributed by atoms with van der Waals surface area (Å²) in [4.78, 5) is 10.9. The lowest BCUT2D eigenvalue weighted by Crippen LogP contribution is -2.24. The van der Waals surface area contributed by atoms with Crippen molar-refractivity contribution in [3.05, 3.63) is 29.8 Å². The molecule has 0 fully saturated rings. The fourth-order valence-corrected chi connectivity index (χ4v) is 1.93. The summed E-state index contributed by atoms with van der Waals surface area (Å²) in [5.41, 5.74) is -0.334. The number of halogens is 3. The summed E-state index contributed by atoms with van der Waals surface area (Å²) in [5, 5.41) is 0. The Morgan fingerprint density at radius 3 is 2.44 bits per heavy atom. The lowest BCUT2D eigenvalue weighted by molar-refractivity contribution is -0.239. The monoisotopic (exact) mass is 283 g/mol. The van der Waals surface area contributed by atoms with Crippen LogP contribution in [-0.4, -0.2) is 20.0 Å². The van der Waals surface area contributed by atoms with Gasteiger partial charge in [0.25, 0.3) is 0 Å². The van der Waals surface area contributed by atoms with E-state index >= 15 is 0 Å². The average Bonchev–Trinajstić information content (AvgIpc) is 2.23. The Balaban J connectivity index is 3.13. The highest BCUT2D eigenvalue weighted by Gasteiger charge is 2.43. The van der Waals surface area contributed by atoms with Gasteiger partial charge < -0.3 is 18.7 Å². The fraction of sp³-hybridized carbons (Fsp3) is 0.400. The molecule has 1 rings (SSSR count). The summed E-state index contributed by atoms with van der Waals surface area (Å²) in [6.45, 7) is 0.589. The van der Waals surface area contributed by atoms with E-state index in [2.05, 4.69) is 4.52 Å². The third kappa shape index (κ3) is 4.33. The molecule has 1 aromatic rings. The standard InChI is InChI=1S/C10H12F3O4P/c1-16-8-5-3-4-7(6-8)9(10(11,12)13)17-18(2,14)15/h3-6,9H,1-2H3,(H,14,15)/p-1/t9-/m0/s1. The van der Waals surface area contributed by atoms with E-state index in [4.69, 9.17) is 4.74 Å². The minimum Gasteiger partial charge on any atom is -0.779 e. The van der Waals surface area contributed by atoms with Crippen molar-refractivity contribution in [2.45, 2.75) is 12.3 Å². The van der Waals surface area contributed by atoms with E-state index in [0.29, 0.717) is 6.66 Å². The second-order valence-corrected chi connectivity index (χ2v) is 5.33. The number of hydrogen-bond acceptors (Lipinski definition) is 4. The Kier molecular flexibility index (Phi) is 4.42. The van der Waals surface area contributed by atoms with Gasteiger partial charge in [0, 0.05) is 6.66 Å². The molecule has 0 N–H and O–H groups in total. The number of alkyl halides is 3. The van der Waals surface area contributed by atoms with Crippen LogP contribution in [0.3, 0.4) is 0 Å². The van der Waals surface area contributed by atoms with Gasteiger partial charge in [-0.05, 0) is 17.7 Å². The van der Waals surface area contributed by atoms with Gasteiger partial charge in [0.1, 0.15) is 13.3 Å². The van der Waals surface area contributed by atoms with Crippen LogP contribution in [0.2, 0.25) is 0 Å². The minimum atomic E-state index is -4.83. The fourth-order valence-electron chi connectivity index (χ4n) is 1.31. The second kappa shape index (κ2) is 5.30. The highest BCUT2D eigenvalue weighted by Crippen LogP contribution is 2.46. The first-order valence-electron chi connectivity index (χ1n) is 4.81. The van der Waals surface area contributed by atoms with Crippen LogP contribution in [0.1, 0.15) is 11.7 Å². The van der Waals surface area contributed by atoms with E-state index in [-0.39, 0.29) is 11.3 Å². The number of hydrogen-bond donors (Lipinski definition) is 0. The summed E-state index contributed by atoms with van der Waals surface area (Å²) < 4.78 is 58.0. The molecule has 0 bridgehead atoms. The van der Waals surface area contributed by atoms with Crippen molar-refractivity contribution in [3.8, 4) is 5.75 Å². The van der Waals surface area contributed by atoms with Crippen molar-refractivity contribution in [2.75, 3.05) is 13.8 Å². The van der Waals surface area contributed by atoms with Crippen molar-refractivity contribution in [1.82, 2.24) is 0 Å². The van der Waals surface area contributed by atoms with E-state index in [1.54, 1.807) is 0 Å². The zero-order valence-corrected chi connectivity index (χ0v) is 10.5. The van der Waals surface area contributed by atoms with Crippen molar-refractivity contribution in [1.29, 1.82) is 0 Å². The molecule has 102 valence electrons. The van der Waals surface area contributed by atoms with Gasteiger partial charge in [-0.15, -0.1) is 0 Å². The van der Waals surface area contributed by atoms with Crippen LogP contribution >= 0.6 is 7.60 Å². The molecule has 2 atom stereocenters. The first-order chi connectivity index (χ1) is 8.13. The van der Waals surface area contributed by atoms with Crippen molar-refractivity contribution < 1.29 is 31.9 Å². The van der Waals surface area contributed by atoms with Gasteiger partial charge >= 0.3 is 6.18 Å². The van der Waals surface area contributed by atoms with Crippen molar-refractivity contribution in [2.24, 2.45) is 0 Å². The predicted molar refractivity (Wildman–Crippen MR) is 56.4 cm³/mol. The quantitative estimate of drug-likeness (QED) is 0.797. The minimum absolute atomic E-state index is 0.183. The Morgan fingerprint density at radius 2 is 2.00 bits per heavy atom. The number of benzene rings is 1. The molecule has 0 amide bonds. The molecule has 4 nitrogen and oxygen atoms in total. The van der Waals surface area contributed by atoms with Crippen LogP contribution in [0.4, 0.5) is 13.2 Å². The topological polar surface area (TPSA) is 58.6 Å². The molecule has 0 heterocycles. The molecule has 0 aromatic heterocycles. The highest BCUT2D eigenvalue weighted by atomic mass is 31.2. The van der Waals surface area contributed by atoms with E-state index in [1.807, 2.05) is 0 Å². The number of rotatable bonds is 4. The molecule has 0 saturated carbocycles. The Labute approximate surface area is 102 Å². The van der Waals surface area contributed by atoms with E-state index in [9.17, 15) is 22.6 Å². The molecule has 8 heteroatoms. The van der Waals surface area contributed by atoms with Crippen molar-refractivity contribution >= 4 is 7.60 Å². The third-order valence-electron chi connectivity index (χ3n) is 1.99. The third-order valence-corrected chi connectivity index (χ3v) is 2.58. The smallest absolute Gasteiger partial charge is 0.419 e. The lowest BCUT2D eigenvalue weighted by Gasteiger charge is -2.27. The maximum atomic E-state index is 12.7. The van der Waals surface area contributed by atoms with Gasteiger partial charge in [-0.1, -0.05) is 12.1 Å². The number of methoxy groups -OCH3 is 1. The van der Waals surface area contributed by atoms with Gasteiger partial charge in [0.05, 0.1) is 7.11 Å². The normalized spacial score (nSPS) is 17.0. The van der Waals surface area contributed by atoms with Crippen LogP contribution in [0, 0.1) is 0 Å². The molecule has 0 aliphatic carbocycles. The van der Waals surface area contributed by atoms with E-state index < -0.39 is 19.9 Å². The van der Waals surface area contributed by atoms with Crippen LogP contribution in [-0.2, 0) is 9.09 Å². The zero-order chi connectivity index (χ0) is 14.0. The van der Waals surface area contributed by atoms with Crippen LogP contribution in [0.25, 0.3) is 0 Å². The van der Waals surface area contributed by atoms with Gasteiger partial charge in [-0.2, -0.15) is 13.2 Å². The zero-order valence-electron chi connectivity index (χ0n) is 9.60. The SMILES string of the molecule is COc1cccc([C@H](OP(C)(=O)[O-])C(F)(F)F)c1. The Bertz CT molecular complexity index is 455. The molecular formula is C10H11F3O4P-. The van der Waals surface area contributed by atoms with E-state index in [0.717, 1.165) is 12.1 Å². The lowest BCUT2D eigenvalue weighted by atomic mass is 10.1. The largest absolute Gasteiger partial charge is 0.779 e. The van der Waals surface area contributed by atoms with Gasteiger partial charge in [-0.25, -0.2) is 0 Å². The average molecular weight is 283 g/mol. The molecule has 1 unspecified atom stereocenters. The molecule has 1 aromatic carbocycles. The second-order valence-electron chi connectivity index (χ2n) is 3.58. The van der Waals surface area contributed by atoms with Gasteiger partial charge in [0.2, 0.25) is 0 Å². The Hall–Kier alpha value is -1.04. The van der Waals surface area contributed by atoms with Crippen LogP contribution in [0.15, 0.2) is 24.3 Å². The Morgan fingerprint density at radius 1 is 1.39 bits per heavy atom. The highest BCUT2D eigenvalue weighted by molar-refractivity contribution is 7.50. The molecular weight excluding hydrogens is 272 g/mol. The summed E-state index contributed by atoms with van der Waals surface area (Å²) in [6, 6.07) is 4.96. The predicted octanol–water partition coefficient (Wildman–Crippen LogP) is 2.50. The molecule has 0 aliphatic rings. The summed E-state index contributed by atoms with van der Waals surface area (Å²) >= 11 is 0. The number of ether oxygens (including phenoxy) is 1. The van der Waals surface area contributed by atoms with Crippen LogP contribution in [0.5, 0.6) is 5.75 Å².